The molecule has 7 heteroatoms. The standard InChI is InChI=1S/C9H12NO5P/c11-9(12)7-3-1-4-10-8(7)16(13)14-5-2-6-15-16/h1,4,10H,2-3,5-6H2,(H,11,12). The summed E-state index contributed by atoms with van der Waals surface area (Å²) in [5, 5.41) is 11.7. The van der Waals surface area contributed by atoms with E-state index in [0.29, 0.717) is 19.6 Å². The summed E-state index contributed by atoms with van der Waals surface area (Å²) >= 11 is 0. The van der Waals surface area contributed by atoms with Gasteiger partial charge in [-0.2, -0.15) is 0 Å². The van der Waals surface area contributed by atoms with Crippen LogP contribution in [-0.2, 0) is 18.4 Å². The maximum Gasteiger partial charge on any atom is 0.377 e. The average molecular weight is 245 g/mol. The van der Waals surface area contributed by atoms with E-state index in [0.717, 1.165) is 0 Å². The SMILES string of the molecule is O=C(O)C1=C(P2(=O)OCCCO2)NC=CC1. The van der Waals surface area contributed by atoms with E-state index in [9.17, 15) is 9.36 Å². The van der Waals surface area contributed by atoms with Crippen LogP contribution in [0.4, 0.5) is 0 Å². The van der Waals surface area contributed by atoms with E-state index < -0.39 is 13.6 Å². The molecule has 0 unspecified atom stereocenters. The number of aliphatic carboxylic acids is 1. The van der Waals surface area contributed by atoms with Gasteiger partial charge in [-0.25, -0.2) is 4.79 Å². The van der Waals surface area contributed by atoms with E-state index in [4.69, 9.17) is 14.2 Å². The number of nitrogens with one attached hydrogen (secondary N) is 1. The van der Waals surface area contributed by atoms with Gasteiger partial charge in [-0.3, -0.25) is 4.57 Å². The third kappa shape index (κ3) is 2.04. The summed E-state index contributed by atoms with van der Waals surface area (Å²) in [5.41, 5.74) is 0.0925. The lowest BCUT2D eigenvalue weighted by atomic mass is 10.2. The first-order valence-corrected chi connectivity index (χ1v) is 6.45. The van der Waals surface area contributed by atoms with Gasteiger partial charge in [0.1, 0.15) is 5.44 Å². The number of dihydropyridines is 1. The van der Waals surface area contributed by atoms with E-state index in [2.05, 4.69) is 5.32 Å². The molecule has 1 fully saturated rings. The van der Waals surface area contributed by atoms with Crippen LogP contribution in [0.25, 0.3) is 0 Å². The zero-order valence-electron chi connectivity index (χ0n) is 8.51. The highest BCUT2D eigenvalue weighted by Crippen LogP contribution is 2.58. The minimum atomic E-state index is -3.46. The summed E-state index contributed by atoms with van der Waals surface area (Å²) in [6, 6.07) is 0. The fourth-order valence-electron chi connectivity index (χ4n) is 1.53. The molecule has 0 aromatic carbocycles. The van der Waals surface area contributed by atoms with Gasteiger partial charge in [0.15, 0.2) is 0 Å². The summed E-state index contributed by atoms with van der Waals surface area (Å²) < 4.78 is 22.4. The highest BCUT2D eigenvalue weighted by molar-refractivity contribution is 7.58. The topological polar surface area (TPSA) is 84.9 Å². The molecule has 0 spiro atoms. The molecule has 0 atom stereocenters. The van der Waals surface area contributed by atoms with Gasteiger partial charge < -0.3 is 19.5 Å². The molecule has 0 aromatic heterocycles. The molecular weight excluding hydrogens is 233 g/mol. The predicted molar refractivity (Wildman–Crippen MR) is 55.7 cm³/mol. The summed E-state index contributed by atoms with van der Waals surface area (Å²) in [7, 11) is -3.46. The first-order valence-electron chi connectivity index (χ1n) is 4.91. The minimum absolute atomic E-state index is 0.0349. The van der Waals surface area contributed by atoms with Crippen molar-refractivity contribution in [2.45, 2.75) is 12.8 Å². The Kier molecular flexibility index (Phi) is 3.14. The van der Waals surface area contributed by atoms with Crippen LogP contribution in [0, 0.1) is 0 Å². The van der Waals surface area contributed by atoms with Crippen LogP contribution in [0.3, 0.4) is 0 Å². The van der Waals surface area contributed by atoms with Gasteiger partial charge in [0, 0.05) is 6.42 Å². The molecule has 0 bridgehead atoms. The third-order valence-corrected chi connectivity index (χ3v) is 4.28. The van der Waals surface area contributed by atoms with Crippen molar-refractivity contribution in [2.75, 3.05) is 13.2 Å². The molecule has 88 valence electrons. The third-order valence-electron chi connectivity index (χ3n) is 2.29. The summed E-state index contributed by atoms with van der Waals surface area (Å²) in [6.45, 7) is 0.637. The molecule has 0 aliphatic carbocycles. The van der Waals surface area contributed by atoms with Gasteiger partial charge >= 0.3 is 13.6 Å². The smallest absolute Gasteiger partial charge is 0.377 e. The summed E-state index contributed by atoms with van der Waals surface area (Å²) in [4.78, 5) is 11.0. The molecule has 0 saturated carbocycles. The Morgan fingerprint density at radius 2 is 2.12 bits per heavy atom. The van der Waals surface area contributed by atoms with Gasteiger partial charge in [0.2, 0.25) is 0 Å². The quantitative estimate of drug-likeness (QED) is 0.715. The number of rotatable bonds is 2. The Balaban J connectivity index is 2.35. The predicted octanol–water partition coefficient (Wildman–Crippen LogP) is 1.42. The highest BCUT2D eigenvalue weighted by Gasteiger charge is 2.37. The van der Waals surface area contributed by atoms with Crippen LogP contribution in [0.15, 0.2) is 23.3 Å². The van der Waals surface area contributed by atoms with Crippen molar-refractivity contribution >= 4 is 13.6 Å². The molecular formula is C9H12NO5P. The molecule has 2 aliphatic heterocycles. The second-order valence-corrected chi connectivity index (χ2v) is 5.36. The zero-order valence-corrected chi connectivity index (χ0v) is 9.40. The lowest BCUT2D eigenvalue weighted by Gasteiger charge is -2.27. The van der Waals surface area contributed by atoms with Gasteiger partial charge in [-0.05, 0) is 12.6 Å². The van der Waals surface area contributed by atoms with E-state index >= 15 is 0 Å². The van der Waals surface area contributed by atoms with Gasteiger partial charge in [-0.1, -0.05) is 6.08 Å². The van der Waals surface area contributed by atoms with E-state index in [1.54, 1.807) is 12.3 Å². The molecule has 2 N–H and O–H groups in total. The summed E-state index contributed by atoms with van der Waals surface area (Å²) in [5.74, 6) is -1.11. The normalized spacial score (nSPS) is 24.0. The molecule has 2 heterocycles. The number of carboxylic acid groups (broad SMARTS) is 1. The van der Waals surface area contributed by atoms with Crippen molar-refractivity contribution in [1.82, 2.24) is 5.32 Å². The highest BCUT2D eigenvalue weighted by atomic mass is 31.2. The van der Waals surface area contributed by atoms with Crippen molar-refractivity contribution in [3.05, 3.63) is 23.3 Å². The number of hydrogen-bond acceptors (Lipinski definition) is 5. The molecule has 1 saturated heterocycles. The molecule has 0 radical (unpaired) electrons. The van der Waals surface area contributed by atoms with Crippen molar-refractivity contribution in [2.24, 2.45) is 0 Å². The molecule has 2 rings (SSSR count). The monoisotopic (exact) mass is 245 g/mol. The van der Waals surface area contributed by atoms with Gasteiger partial charge in [-0.15, -0.1) is 0 Å². The van der Waals surface area contributed by atoms with Crippen molar-refractivity contribution in [3.63, 3.8) is 0 Å². The molecule has 0 amide bonds. The molecule has 2 aliphatic rings. The Morgan fingerprint density at radius 1 is 1.44 bits per heavy atom. The van der Waals surface area contributed by atoms with Crippen LogP contribution in [-0.4, -0.2) is 24.3 Å². The fraction of sp³-hybridized carbons (Fsp3) is 0.444. The fourth-order valence-corrected chi connectivity index (χ4v) is 3.35. The first kappa shape index (κ1) is 11.4. The van der Waals surface area contributed by atoms with Crippen LogP contribution >= 0.6 is 7.60 Å². The van der Waals surface area contributed by atoms with Crippen LogP contribution in [0.2, 0.25) is 0 Å². The van der Waals surface area contributed by atoms with Crippen molar-refractivity contribution in [1.29, 1.82) is 0 Å². The number of carboxylic acids is 1. The Hall–Kier alpha value is -1.10. The Bertz CT molecular complexity index is 404. The Labute approximate surface area is 92.5 Å². The largest absolute Gasteiger partial charge is 0.478 e. The average Bonchev–Trinajstić information content (AvgIpc) is 2.30. The Morgan fingerprint density at radius 3 is 2.75 bits per heavy atom. The maximum atomic E-state index is 12.2. The molecule has 6 nitrogen and oxygen atoms in total. The van der Waals surface area contributed by atoms with E-state index in [1.807, 2.05) is 0 Å². The number of carbonyl (C=O) groups is 1. The van der Waals surface area contributed by atoms with Crippen LogP contribution < -0.4 is 5.32 Å². The maximum absolute atomic E-state index is 12.2. The van der Waals surface area contributed by atoms with Crippen LogP contribution in [0.5, 0.6) is 0 Å². The van der Waals surface area contributed by atoms with Gasteiger partial charge in [0.25, 0.3) is 0 Å². The summed E-state index contributed by atoms with van der Waals surface area (Å²) in [6.07, 6.45) is 4.07. The lowest BCUT2D eigenvalue weighted by Crippen LogP contribution is -2.21. The number of hydrogen-bond donors (Lipinski definition) is 2. The molecule has 0 aromatic rings. The second kappa shape index (κ2) is 4.41. The minimum Gasteiger partial charge on any atom is -0.478 e. The van der Waals surface area contributed by atoms with Gasteiger partial charge in [0.05, 0.1) is 18.8 Å². The van der Waals surface area contributed by atoms with E-state index in [1.165, 1.54) is 0 Å². The van der Waals surface area contributed by atoms with Crippen molar-refractivity contribution in [3.8, 4) is 0 Å². The van der Waals surface area contributed by atoms with Crippen LogP contribution in [0.1, 0.15) is 12.8 Å². The number of allylic oxidation sites excluding steroid dienone is 1. The van der Waals surface area contributed by atoms with E-state index in [-0.39, 0.29) is 17.4 Å². The molecule has 16 heavy (non-hydrogen) atoms. The van der Waals surface area contributed by atoms with Crippen molar-refractivity contribution < 1.29 is 23.5 Å². The first-order chi connectivity index (χ1) is 7.63. The zero-order chi connectivity index (χ0) is 11.6. The second-order valence-electron chi connectivity index (χ2n) is 3.40. The lowest BCUT2D eigenvalue weighted by molar-refractivity contribution is -0.132.